The molecule has 1 aromatic heterocycles. The predicted octanol–water partition coefficient (Wildman–Crippen LogP) is 2.22. The van der Waals surface area contributed by atoms with E-state index in [1.165, 1.54) is 11.3 Å². The fraction of sp³-hybridized carbons (Fsp3) is 0.583. The molecule has 0 aliphatic carbocycles. The molecule has 94 valence electrons. The first-order valence-electron chi connectivity index (χ1n) is 5.75. The summed E-state index contributed by atoms with van der Waals surface area (Å²) in [5, 5.41) is 2.45. The van der Waals surface area contributed by atoms with E-state index in [4.69, 9.17) is 11.6 Å². The number of likely N-dealkylation sites (N-methyl/N-ethyl adjacent to an activating group) is 2. The topological polar surface area (TPSA) is 23.6 Å². The minimum Gasteiger partial charge on any atom is -0.304 e. The Labute approximate surface area is 111 Å². The lowest BCUT2D eigenvalue weighted by Gasteiger charge is -2.25. The molecule has 0 N–H and O–H groups in total. The molecular weight excluding hydrogens is 256 g/mol. The van der Waals surface area contributed by atoms with Crippen LogP contribution in [0.5, 0.6) is 0 Å². The van der Waals surface area contributed by atoms with Crippen LogP contribution in [0.1, 0.15) is 16.1 Å². The Morgan fingerprint density at radius 2 is 2.24 bits per heavy atom. The number of ketones is 1. The third-order valence-electron chi connectivity index (χ3n) is 3.21. The number of hydrogen-bond acceptors (Lipinski definition) is 4. The monoisotopic (exact) mass is 272 g/mol. The van der Waals surface area contributed by atoms with Crippen molar-refractivity contribution >= 4 is 28.7 Å². The van der Waals surface area contributed by atoms with Crippen molar-refractivity contribution in [3.05, 3.63) is 21.3 Å². The minimum absolute atomic E-state index is 0.0707. The van der Waals surface area contributed by atoms with Gasteiger partial charge in [-0.25, -0.2) is 0 Å². The molecule has 17 heavy (non-hydrogen) atoms. The highest BCUT2D eigenvalue weighted by atomic mass is 35.5. The van der Waals surface area contributed by atoms with Gasteiger partial charge >= 0.3 is 0 Å². The summed E-state index contributed by atoms with van der Waals surface area (Å²) in [6.45, 7) is 2.79. The van der Waals surface area contributed by atoms with Crippen LogP contribution in [0.4, 0.5) is 0 Å². The molecular formula is C12H17ClN2OS. The van der Waals surface area contributed by atoms with Gasteiger partial charge in [0.2, 0.25) is 0 Å². The van der Waals surface area contributed by atoms with Crippen molar-refractivity contribution < 1.29 is 4.79 Å². The number of halogens is 1. The zero-order chi connectivity index (χ0) is 12.4. The molecule has 0 radical (unpaired) electrons. The van der Waals surface area contributed by atoms with Crippen LogP contribution in [0.3, 0.4) is 0 Å². The summed E-state index contributed by atoms with van der Waals surface area (Å²) >= 11 is 7.47. The Kier molecular flexibility index (Phi) is 4.20. The van der Waals surface area contributed by atoms with E-state index in [1.54, 1.807) is 6.07 Å². The summed E-state index contributed by atoms with van der Waals surface area (Å²) in [6, 6.07) is 1.72. The molecule has 1 aliphatic rings. The van der Waals surface area contributed by atoms with Crippen molar-refractivity contribution in [1.29, 1.82) is 0 Å². The van der Waals surface area contributed by atoms with E-state index in [1.807, 2.05) is 12.4 Å². The highest BCUT2D eigenvalue weighted by molar-refractivity contribution is 7.12. The zero-order valence-electron chi connectivity index (χ0n) is 10.1. The maximum Gasteiger partial charge on any atom is 0.192 e. The van der Waals surface area contributed by atoms with Gasteiger partial charge in [0.15, 0.2) is 5.78 Å². The molecule has 3 nitrogen and oxygen atoms in total. The first kappa shape index (κ1) is 13.0. The molecule has 5 heteroatoms. The predicted molar refractivity (Wildman–Crippen MR) is 72.2 cm³/mol. The lowest BCUT2D eigenvalue weighted by Crippen LogP contribution is -2.43. The van der Waals surface area contributed by atoms with E-state index in [-0.39, 0.29) is 11.8 Å². The zero-order valence-corrected chi connectivity index (χ0v) is 11.7. The molecule has 2 rings (SSSR count). The van der Waals surface area contributed by atoms with E-state index in [0.29, 0.717) is 9.90 Å². The average molecular weight is 273 g/mol. The molecule has 0 amide bonds. The second-order valence-corrected chi connectivity index (χ2v) is 5.90. The van der Waals surface area contributed by atoms with Crippen molar-refractivity contribution in [3.63, 3.8) is 0 Å². The standard InChI is InChI=1S/C12H17ClN2OS/c1-14-5-3-6-15(2)10(8-14)11(16)12-9(13)4-7-17-12/h4,7,10H,3,5-6,8H2,1-2H3. The molecule has 1 aliphatic heterocycles. The first-order valence-corrected chi connectivity index (χ1v) is 7.01. The number of thiophene rings is 1. The van der Waals surface area contributed by atoms with Crippen molar-refractivity contribution in [3.8, 4) is 0 Å². The van der Waals surface area contributed by atoms with Gasteiger partial charge in [-0.05, 0) is 45.1 Å². The number of Topliss-reactive ketones (excluding diaryl/α,β-unsaturated/α-hetero) is 1. The van der Waals surface area contributed by atoms with Crippen molar-refractivity contribution in [2.75, 3.05) is 33.7 Å². The van der Waals surface area contributed by atoms with Gasteiger partial charge in [-0.3, -0.25) is 9.69 Å². The third-order valence-corrected chi connectivity index (χ3v) is 4.57. The summed E-state index contributed by atoms with van der Waals surface area (Å²) in [4.78, 5) is 17.5. The van der Waals surface area contributed by atoms with Crippen LogP contribution in [0.25, 0.3) is 0 Å². The Balaban J connectivity index is 2.19. The SMILES string of the molecule is CN1CCCN(C)C(C(=O)c2sccc2Cl)C1. The Morgan fingerprint density at radius 1 is 1.47 bits per heavy atom. The quantitative estimate of drug-likeness (QED) is 0.772. The summed E-state index contributed by atoms with van der Waals surface area (Å²) in [5.74, 6) is 0.154. The number of nitrogens with zero attached hydrogens (tertiary/aromatic N) is 2. The van der Waals surface area contributed by atoms with E-state index < -0.39 is 0 Å². The van der Waals surface area contributed by atoms with Crippen LogP contribution in [-0.2, 0) is 0 Å². The molecule has 0 bridgehead atoms. The van der Waals surface area contributed by atoms with Gasteiger partial charge in [-0.1, -0.05) is 11.6 Å². The maximum atomic E-state index is 12.4. The van der Waals surface area contributed by atoms with E-state index in [0.717, 1.165) is 26.1 Å². The highest BCUT2D eigenvalue weighted by Gasteiger charge is 2.29. The Bertz CT molecular complexity index is 407. The minimum atomic E-state index is -0.0707. The molecule has 0 aromatic carbocycles. The highest BCUT2D eigenvalue weighted by Crippen LogP contribution is 2.25. The number of carbonyl (C=O) groups is 1. The summed E-state index contributed by atoms with van der Waals surface area (Å²) in [5.41, 5.74) is 0. The summed E-state index contributed by atoms with van der Waals surface area (Å²) in [6.07, 6.45) is 1.11. The lowest BCUT2D eigenvalue weighted by atomic mass is 10.1. The van der Waals surface area contributed by atoms with Gasteiger partial charge in [0.25, 0.3) is 0 Å². The van der Waals surface area contributed by atoms with Crippen molar-refractivity contribution in [1.82, 2.24) is 9.80 Å². The fourth-order valence-corrected chi connectivity index (χ4v) is 3.31. The van der Waals surface area contributed by atoms with Crippen LogP contribution in [0, 0.1) is 0 Å². The van der Waals surface area contributed by atoms with E-state index in [2.05, 4.69) is 16.8 Å². The average Bonchev–Trinajstić information content (AvgIpc) is 2.63. The number of carbonyl (C=O) groups excluding carboxylic acids is 1. The van der Waals surface area contributed by atoms with Gasteiger partial charge in [0.1, 0.15) is 0 Å². The van der Waals surface area contributed by atoms with Crippen LogP contribution in [0.2, 0.25) is 5.02 Å². The Hall–Kier alpha value is -0.420. The Morgan fingerprint density at radius 3 is 2.88 bits per heavy atom. The molecule has 0 saturated carbocycles. The fourth-order valence-electron chi connectivity index (χ4n) is 2.18. The molecule has 1 atom stereocenters. The van der Waals surface area contributed by atoms with Crippen LogP contribution in [0.15, 0.2) is 11.4 Å². The molecule has 0 spiro atoms. The molecule has 1 aromatic rings. The normalized spacial score (nSPS) is 23.6. The maximum absolute atomic E-state index is 12.4. The van der Waals surface area contributed by atoms with Crippen LogP contribution in [-0.4, -0.2) is 55.4 Å². The lowest BCUT2D eigenvalue weighted by molar-refractivity contribution is 0.0844. The second kappa shape index (κ2) is 5.48. The van der Waals surface area contributed by atoms with Gasteiger partial charge in [0.05, 0.1) is 15.9 Å². The largest absolute Gasteiger partial charge is 0.304 e. The van der Waals surface area contributed by atoms with Crippen LogP contribution >= 0.6 is 22.9 Å². The van der Waals surface area contributed by atoms with Gasteiger partial charge in [-0.15, -0.1) is 11.3 Å². The van der Waals surface area contributed by atoms with Crippen LogP contribution < -0.4 is 0 Å². The number of rotatable bonds is 2. The molecule has 1 saturated heterocycles. The van der Waals surface area contributed by atoms with Crippen molar-refractivity contribution in [2.45, 2.75) is 12.5 Å². The molecule has 2 heterocycles. The third kappa shape index (κ3) is 2.88. The summed E-state index contributed by atoms with van der Waals surface area (Å²) < 4.78 is 0. The smallest absolute Gasteiger partial charge is 0.192 e. The second-order valence-electron chi connectivity index (χ2n) is 4.57. The first-order chi connectivity index (χ1) is 8.09. The number of hydrogen-bond donors (Lipinski definition) is 0. The van der Waals surface area contributed by atoms with E-state index >= 15 is 0 Å². The van der Waals surface area contributed by atoms with E-state index in [9.17, 15) is 4.79 Å². The summed E-state index contributed by atoms with van der Waals surface area (Å²) in [7, 11) is 4.08. The van der Waals surface area contributed by atoms with Gasteiger partial charge in [-0.2, -0.15) is 0 Å². The molecule has 1 fully saturated rings. The molecule has 1 unspecified atom stereocenters. The van der Waals surface area contributed by atoms with Crippen molar-refractivity contribution in [2.24, 2.45) is 0 Å². The van der Waals surface area contributed by atoms with Gasteiger partial charge in [0, 0.05) is 6.54 Å². The van der Waals surface area contributed by atoms with Gasteiger partial charge < -0.3 is 4.90 Å².